The largest absolute Gasteiger partial charge is 0.443 e. The molecule has 0 N–H and O–H groups in total. The highest BCUT2D eigenvalue weighted by molar-refractivity contribution is 5.71. The summed E-state index contributed by atoms with van der Waals surface area (Å²) in [5.41, 5.74) is 4.09. The first-order valence-electron chi connectivity index (χ1n) is 11.7. The first-order chi connectivity index (χ1) is 16.7. The van der Waals surface area contributed by atoms with E-state index in [0.717, 1.165) is 22.3 Å². The molecule has 2 fully saturated rings. The molecule has 1 saturated heterocycles. The molecule has 174 valence electrons. The monoisotopic (exact) mass is 455 g/mol. The topological polar surface area (TPSA) is 48.0 Å². The maximum absolute atomic E-state index is 12.9. The molecule has 4 atom stereocenters. The van der Waals surface area contributed by atoms with Crippen LogP contribution in [0.5, 0.6) is 0 Å². The van der Waals surface area contributed by atoms with Crippen LogP contribution in [0.15, 0.2) is 103 Å². The minimum Gasteiger partial charge on any atom is -0.443 e. The molecular formula is C29H29NO4. The second-order valence-electron chi connectivity index (χ2n) is 8.87. The number of benzene rings is 3. The summed E-state index contributed by atoms with van der Waals surface area (Å²) in [6.45, 7) is 5.62. The minimum absolute atomic E-state index is 0.261. The van der Waals surface area contributed by atoms with Crippen LogP contribution in [0.2, 0.25) is 0 Å². The Balaban J connectivity index is 1.41. The number of rotatable bonds is 8. The maximum atomic E-state index is 12.9. The molecule has 5 heteroatoms. The van der Waals surface area contributed by atoms with Gasteiger partial charge in [0.25, 0.3) is 0 Å². The van der Waals surface area contributed by atoms with Gasteiger partial charge in [0.05, 0.1) is 13.2 Å². The fourth-order valence-corrected chi connectivity index (χ4v) is 4.80. The van der Waals surface area contributed by atoms with Gasteiger partial charge in [0.15, 0.2) is 0 Å². The summed E-state index contributed by atoms with van der Waals surface area (Å²) in [7, 11) is 0. The van der Waals surface area contributed by atoms with Crippen molar-refractivity contribution in [2.24, 2.45) is 0 Å². The van der Waals surface area contributed by atoms with Gasteiger partial charge in [-0.15, -0.1) is 0 Å². The SMILES string of the molecule is C=C1C[C@@H]2OC(=O)N(Cc3ccccc3)[C@@H]2[C@@H](OCc2ccccc2)[C@@H]1OCc1ccccc1. The Kier molecular flexibility index (Phi) is 6.74. The van der Waals surface area contributed by atoms with E-state index < -0.39 is 6.10 Å². The average molecular weight is 456 g/mol. The molecule has 3 aromatic rings. The average Bonchev–Trinajstić information content (AvgIpc) is 3.17. The Morgan fingerprint density at radius 3 is 1.91 bits per heavy atom. The lowest BCUT2D eigenvalue weighted by molar-refractivity contribution is -0.118. The van der Waals surface area contributed by atoms with Crippen LogP contribution >= 0.6 is 0 Å². The zero-order valence-electron chi connectivity index (χ0n) is 19.1. The first-order valence-corrected chi connectivity index (χ1v) is 11.7. The van der Waals surface area contributed by atoms with E-state index in [4.69, 9.17) is 14.2 Å². The number of ether oxygens (including phenoxy) is 3. The highest BCUT2D eigenvalue weighted by Crippen LogP contribution is 2.39. The number of hydrogen-bond donors (Lipinski definition) is 0. The van der Waals surface area contributed by atoms with Crippen molar-refractivity contribution in [3.05, 3.63) is 120 Å². The normalized spacial score (nSPS) is 24.1. The van der Waals surface area contributed by atoms with Crippen LogP contribution in [-0.2, 0) is 34.0 Å². The maximum Gasteiger partial charge on any atom is 0.410 e. The second kappa shape index (κ2) is 10.2. The van der Waals surface area contributed by atoms with Gasteiger partial charge in [0.2, 0.25) is 0 Å². The van der Waals surface area contributed by atoms with Crippen molar-refractivity contribution in [3.8, 4) is 0 Å². The van der Waals surface area contributed by atoms with E-state index in [-0.39, 0.29) is 24.3 Å². The van der Waals surface area contributed by atoms with Crippen LogP contribution in [0, 0.1) is 0 Å². The van der Waals surface area contributed by atoms with E-state index in [1.165, 1.54) is 0 Å². The Bertz CT molecular complexity index is 1100. The molecule has 5 rings (SSSR count). The third-order valence-electron chi connectivity index (χ3n) is 6.48. The van der Waals surface area contributed by atoms with Crippen molar-refractivity contribution in [2.75, 3.05) is 0 Å². The number of hydrogen-bond acceptors (Lipinski definition) is 4. The van der Waals surface area contributed by atoms with Gasteiger partial charge in [-0.05, 0) is 22.3 Å². The molecule has 0 aromatic heterocycles. The van der Waals surface area contributed by atoms with Gasteiger partial charge >= 0.3 is 6.09 Å². The predicted molar refractivity (Wildman–Crippen MR) is 130 cm³/mol. The molecule has 0 unspecified atom stereocenters. The van der Waals surface area contributed by atoms with Gasteiger partial charge in [-0.1, -0.05) is 97.6 Å². The van der Waals surface area contributed by atoms with Crippen molar-refractivity contribution >= 4 is 6.09 Å². The van der Waals surface area contributed by atoms with Crippen LogP contribution in [0.4, 0.5) is 4.79 Å². The van der Waals surface area contributed by atoms with E-state index in [1.54, 1.807) is 4.90 Å². The molecule has 1 heterocycles. The lowest BCUT2D eigenvalue weighted by atomic mass is 9.83. The summed E-state index contributed by atoms with van der Waals surface area (Å²) < 4.78 is 18.7. The van der Waals surface area contributed by atoms with Crippen LogP contribution < -0.4 is 0 Å². The summed E-state index contributed by atoms with van der Waals surface area (Å²) in [5, 5.41) is 0. The molecule has 2 aliphatic rings. The molecule has 1 saturated carbocycles. The summed E-state index contributed by atoms with van der Waals surface area (Å²) in [6.07, 6.45) is -0.806. The van der Waals surface area contributed by atoms with E-state index in [1.807, 2.05) is 91.0 Å². The Hall–Kier alpha value is -3.41. The molecule has 1 amide bonds. The Morgan fingerprint density at radius 1 is 0.794 bits per heavy atom. The van der Waals surface area contributed by atoms with Crippen molar-refractivity contribution in [1.29, 1.82) is 0 Å². The van der Waals surface area contributed by atoms with Gasteiger partial charge < -0.3 is 14.2 Å². The van der Waals surface area contributed by atoms with Crippen LogP contribution in [0.1, 0.15) is 23.1 Å². The number of fused-ring (bicyclic) bond motifs is 1. The van der Waals surface area contributed by atoms with Crippen molar-refractivity contribution in [3.63, 3.8) is 0 Å². The fourth-order valence-electron chi connectivity index (χ4n) is 4.80. The van der Waals surface area contributed by atoms with Gasteiger partial charge in [-0.2, -0.15) is 0 Å². The zero-order chi connectivity index (χ0) is 23.3. The van der Waals surface area contributed by atoms with E-state index >= 15 is 0 Å². The quantitative estimate of drug-likeness (QED) is 0.421. The van der Waals surface area contributed by atoms with Gasteiger partial charge in [0, 0.05) is 13.0 Å². The Labute approximate surface area is 200 Å². The smallest absolute Gasteiger partial charge is 0.410 e. The van der Waals surface area contributed by atoms with Crippen molar-refractivity contribution < 1.29 is 19.0 Å². The molecule has 34 heavy (non-hydrogen) atoms. The van der Waals surface area contributed by atoms with Crippen LogP contribution in [0.25, 0.3) is 0 Å². The molecular weight excluding hydrogens is 426 g/mol. The van der Waals surface area contributed by atoms with Crippen LogP contribution in [0.3, 0.4) is 0 Å². The second-order valence-corrected chi connectivity index (χ2v) is 8.87. The minimum atomic E-state index is -0.398. The van der Waals surface area contributed by atoms with Gasteiger partial charge in [-0.25, -0.2) is 4.79 Å². The highest BCUT2D eigenvalue weighted by atomic mass is 16.6. The molecule has 5 nitrogen and oxygen atoms in total. The lowest BCUT2D eigenvalue weighted by Crippen LogP contribution is -2.56. The third-order valence-corrected chi connectivity index (χ3v) is 6.48. The number of amides is 1. The van der Waals surface area contributed by atoms with Crippen LogP contribution in [-0.4, -0.2) is 35.3 Å². The van der Waals surface area contributed by atoms with Gasteiger partial charge in [-0.3, -0.25) is 4.90 Å². The van der Waals surface area contributed by atoms with Gasteiger partial charge in [0.1, 0.15) is 24.4 Å². The number of carbonyl (C=O) groups is 1. The Morgan fingerprint density at radius 2 is 1.32 bits per heavy atom. The zero-order valence-corrected chi connectivity index (χ0v) is 19.1. The highest BCUT2D eigenvalue weighted by Gasteiger charge is 2.53. The first kappa shape index (κ1) is 22.4. The molecule has 1 aliphatic heterocycles. The fraction of sp³-hybridized carbons (Fsp3) is 0.276. The molecule has 0 radical (unpaired) electrons. The van der Waals surface area contributed by atoms with E-state index in [9.17, 15) is 4.79 Å². The standard InChI is InChI=1S/C29H29NO4/c1-21-17-25-26(30(29(31)34-25)18-22-11-5-2-6-12-22)28(33-20-24-15-9-4-10-16-24)27(21)32-19-23-13-7-3-8-14-23/h2-16,25-28H,1,17-20H2/t25-,26-,27+,28+/m0/s1. The van der Waals surface area contributed by atoms with E-state index in [0.29, 0.717) is 26.2 Å². The van der Waals surface area contributed by atoms with Crippen molar-refractivity contribution in [2.45, 2.75) is 50.5 Å². The van der Waals surface area contributed by atoms with Crippen molar-refractivity contribution in [1.82, 2.24) is 4.90 Å². The number of carbonyl (C=O) groups excluding carboxylic acids is 1. The molecule has 0 spiro atoms. The third kappa shape index (κ3) is 4.91. The predicted octanol–water partition coefficient (Wildman–Crippen LogP) is 5.51. The molecule has 3 aromatic carbocycles. The lowest BCUT2D eigenvalue weighted by Gasteiger charge is -2.41. The van der Waals surface area contributed by atoms with E-state index in [2.05, 4.69) is 6.58 Å². The summed E-state index contributed by atoms with van der Waals surface area (Å²) in [5.74, 6) is 0. The summed E-state index contributed by atoms with van der Waals surface area (Å²) >= 11 is 0. The number of nitrogens with zero attached hydrogens (tertiary/aromatic N) is 1. The molecule has 0 bridgehead atoms. The summed E-state index contributed by atoms with van der Waals surface area (Å²) in [4.78, 5) is 14.7. The molecule has 1 aliphatic carbocycles. The summed E-state index contributed by atoms with van der Waals surface area (Å²) in [6, 6.07) is 29.8.